The largest absolute Gasteiger partial charge is 0.456 e. The van der Waals surface area contributed by atoms with E-state index in [1.165, 1.54) is 33.5 Å². The molecule has 11 aliphatic rings. The average molecular weight is 2010 g/mol. The number of nitrogens with one attached hydrogen (secondary N) is 2. The summed E-state index contributed by atoms with van der Waals surface area (Å²) >= 11 is 27.7. The number of nitrogens with zero attached hydrogens (tertiary/aromatic N) is 11. The molecule has 8 aliphatic heterocycles. The summed E-state index contributed by atoms with van der Waals surface area (Å²) in [5, 5.41) is 12.0. The Bertz CT molecular complexity index is 5490. The zero-order valence-electron chi connectivity index (χ0n) is 78.8. The summed E-state index contributed by atoms with van der Waals surface area (Å²) in [6.07, 6.45) is 20.4. The van der Waals surface area contributed by atoms with E-state index in [0.29, 0.717) is 121 Å². The Labute approximate surface area is 810 Å². The molecule has 17 atom stereocenters. The van der Waals surface area contributed by atoms with Crippen LogP contribution in [-0.4, -0.2) is 255 Å². The molecule has 20 rings (SSSR count). The first-order valence-electron chi connectivity index (χ1n) is 47.6. The van der Waals surface area contributed by atoms with Crippen LogP contribution in [0.15, 0.2) is 59.5 Å². The van der Waals surface area contributed by atoms with Crippen LogP contribution < -0.4 is 18.9 Å². The number of H-pyrrole nitrogens is 1. The maximum atomic E-state index is 9.93. The maximum Gasteiger partial charge on any atom is 0.301 e. The van der Waals surface area contributed by atoms with Crippen molar-refractivity contribution in [2.45, 2.75) is 303 Å². The number of fused-ring (bicyclic) bond motifs is 9. The highest BCUT2D eigenvalue weighted by Crippen LogP contribution is 2.48. The van der Waals surface area contributed by atoms with Crippen molar-refractivity contribution >= 4 is 114 Å². The predicted octanol–water partition coefficient (Wildman–Crippen LogP) is 16.9. The number of halogens is 4. The lowest BCUT2D eigenvalue weighted by Gasteiger charge is -2.39. The van der Waals surface area contributed by atoms with Crippen LogP contribution in [0.5, 0.6) is 18.0 Å². The van der Waals surface area contributed by atoms with Gasteiger partial charge in [-0.15, -0.1) is 0 Å². The second-order valence-corrected chi connectivity index (χ2v) is 52.0. The maximum absolute atomic E-state index is 9.93. The second-order valence-electron chi connectivity index (χ2n) is 40.1. The van der Waals surface area contributed by atoms with Gasteiger partial charge in [-0.2, -0.15) is 15.0 Å². The lowest BCUT2D eigenvalue weighted by molar-refractivity contribution is -0.0408. The summed E-state index contributed by atoms with van der Waals surface area (Å²) in [4.78, 5) is 47.1. The Kier molecular flexibility index (Phi) is 32.1. The van der Waals surface area contributed by atoms with Crippen LogP contribution in [0, 0.1) is 0 Å². The third-order valence-electron chi connectivity index (χ3n) is 28.8. The number of aryl methyl sites for hydroxylation is 5. The van der Waals surface area contributed by atoms with E-state index >= 15 is 0 Å². The fourth-order valence-electron chi connectivity index (χ4n) is 19.6. The van der Waals surface area contributed by atoms with Gasteiger partial charge in [0, 0.05) is 112 Å². The fraction of sp³-hybridized carbons (Fsp3) is 0.656. The molecule has 0 aromatic carbocycles. The van der Waals surface area contributed by atoms with Crippen LogP contribution in [-0.2, 0) is 112 Å². The highest BCUT2D eigenvalue weighted by molar-refractivity contribution is 9.10. The summed E-state index contributed by atoms with van der Waals surface area (Å²) in [6.45, 7) is 29.4. The average Bonchev–Trinajstić information content (AvgIpc) is 1.60. The van der Waals surface area contributed by atoms with Gasteiger partial charge >= 0.3 is 12.0 Å². The molecule has 0 saturated carbocycles. The van der Waals surface area contributed by atoms with Crippen molar-refractivity contribution in [2.24, 2.45) is 0 Å². The van der Waals surface area contributed by atoms with Gasteiger partial charge in [-0.3, -0.25) is 28.8 Å². The molecule has 0 bridgehead atoms. The SMILES string of the molecule is CC(C)(C)[Si](C)(C)O[C@@H]1CO[C@H]2[C@@H]1OC[C@H]2Oc1nc2cc(Cl)c(CC3CCc4cc(Br)cnc43)nc2n1C1CCCCO1.COCCCc1cnc2c(c1)CCC2Cc1nc2c(cc1Cl)nc(O[C@@H]1CO[C@H]3[C@@H]1OC[C@H]3O[Si](C)(C)C(C)(C)C)n2C1CCCCO1.COCCCc1cnc2c(c1)CCC2Cc1nc2nc(O[C@@H]3CO[C@H]4[C@@H]3OC[C@H]4O)[nH]c2cc1Cl.COCCNS. The summed E-state index contributed by atoms with van der Waals surface area (Å²) in [5.41, 5.74) is 16.6. The number of aliphatic hydroxyl groups excluding tert-OH is 1. The number of aliphatic hydroxyl groups is 1. The van der Waals surface area contributed by atoms with Crippen molar-refractivity contribution in [3.63, 3.8) is 0 Å². The van der Waals surface area contributed by atoms with Crippen molar-refractivity contribution in [2.75, 3.05) is 101 Å². The van der Waals surface area contributed by atoms with Crippen molar-refractivity contribution in [3.05, 3.63) is 137 Å². The number of pyridine rings is 6. The second kappa shape index (κ2) is 43.1. The van der Waals surface area contributed by atoms with E-state index < -0.39 is 22.7 Å². The molecule has 5 unspecified atom stereocenters. The molecule has 9 aromatic rings. The number of aromatic amines is 1. The van der Waals surface area contributed by atoms with Crippen LogP contribution in [0.2, 0.25) is 51.3 Å². The van der Waals surface area contributed by atoms with Gasteiger partial charge < -0.3 is 85.3 Å². The number of methoxy groups -OCH3 is 3. The van der Waals surface area contributed by atoms with Crippen LogP contribution in [0.4, 0.5) is 0 Å². The van der Waals surface area contributed by atoms with Gasteiger partial charge in [0.25, 0.3) is 6.01 Å². The van der Waals surface area contributed by atoms with E-state index in [1.54, 1.807) is 21.3 Å². The molecule has 9 aromatic heterocycles. The van der Waals surface area contributed by atoms with Gasteiger partial charge in [0.05, 0.1) is 96.1 Å². The summed E-state index contributed by atoms with van der Waals surface area (Å²) in [5.74, 6) is 0.822. The number of rotatable bonds is 29. The topological polar surface area (TPSA) is 322 Å². The number of imidazole rings is 3. The molecule has 0 spiro atoms. The monoisotopic (exact) mass is 2010 g/mol. The summed E-state index contributed by atoms with van der Waals surface area (Å²) < 4.78 is 105. The zero-order chi connectivity index (χ0) is 93.2. The first-order valence-corrected chi connectivity index (χ1v) is 55.8. The van der Waals surface area contributed by atoms with Gasteiger partial charge in [-0.05, 0) is 226 Å². The van der Waals surface area contributed by atoms with Gasteiger partial charge in [-0.25, -0.2) is 15.0 Å². The number of hydrogen-bond donors (Lipinski definition) is 4. The molecule has 3 aliphatic carbocycles. The number of ether oxygens (including phenoxy) is 14. The molecule has 30 nitrogen and oxygen atoms in total. The Balaban J connectivity index is 0.000000136. The molecule has 3 N–H and O–H groups in total. The Morgan fingerprint density at radius 2 is 0.902 bits per heavy atom. The highest BCUT2D eigenvalue weighted by atomic mass is 79.9. The van der Waals surface area contributed by atoms with E-state index in [1.807, 2.05) is 45.9 Å². The molecule has 0 radical (unpaired) electrons. The van der Waals surface area contributed by atoms with Crippen molar-refractivity contribution in [1.29, 1.82) is 0 Å². The minimum absolute atomic E-state index is 0.100. The number of thiol groups is 1. The quantitative estimate of drug-likeness (QED) is 0.0192. The van der Waals surface area contributed by atoms with Crippen LogP contribution in [0.1, 0.15) is 204 Å². The predicted molar refractivity (Wildman–Crippen MR) is 517 cm³/mol. The zero-order valence-corrected chi connectivity index (χ0v) is 85.5. The minimum Gasteiger partial charge on any atom is -0.456 e. The molecule has 724 valence electrons. The Morgan fingerprint density at radius 3 is 1.35 bits per heavy atom. The van der Waals surface area contributed by atoms with Gasteiger partial charge in [0.2, 0.25) is 0 Å². The lowest BCUT2D eigenvalue weighted by Crippen LogP contribution is -2.47. The van der Waals surface area contributed by atoms with Gasteiger partial charge in [-0.1, -0.05) is 101 Å². The Hall–Kier alpha value is -5.76. The third-order valence-corrected chi connectivity index (χ3v) is 39.4. The first-order chi connectivity index (χ1) is 64.0. The normalized spacial score (nSPS) is 27.1. The summed E-state index contributed by atoms with van der Waals surface area (Å²) in [7, 11) is 1.15. The molecule has 37 heteroatoms. The van der Waals surface area contributed by atoms with Crippen LogP contribution >= 0.6 is 63.5 Å². The molecule has 0 amide bonds. The van der Waals surface area contributed by atoms with E-state index in [0.717, 1.165) is 173 Å². The van der Waals surface area contributed by atoms with E-state index in [9.17, 15) is 5.11 Å². The first kappa shape index (κ1) is 98.8. The highest BCUT2D eigenvalue weighted by Gasteiger charge is 2.56. The van der Waals surface area contributed by atoms with E-state index in [2.05, 4.69) is 134 Å². The standard InChI is InChI=1S/C36H51ClN4O6Si.C32H42BrClN4O5Si.C25H29ClN4O5.C3H9NOS/c1-36(2,3)48(5,6)47-29-21-45-32-28(20-44-33(29)32)46-35-40-27-18-25(37)26(39-34(27)41(35)30-11-7-8-15-43-30)17-24-13-12-23-16-22(10-9-14-42-4)19-38-31(23)24;1-32(2,3)44(4,5)43-25-17-41-28-24(16-40-29(25)28)42-31-37-23-14-21(34)22(36-30(23)38(31)26-8-6-7-11-39-26)13-19-10-9-18-12-20(33)15-35-27(18)19;1-32-6-2-3-13-7-14-4-5-15(21(14)27-10-13)8-17-16(26)9-18-24(28-17)30-25(29-18)35-20-12-34-22-19(31)11-33-23(20)22;1-5-3-2-4-6/h16,18-19,24,28-30,32-33H,7-15,17,20-21H2,1-6H3;12,14-15,19,24-26,28-29H,6-11,13,16-17H2,1-5H3;7,9-10,15,19-20,22-23,31H,2-6,8,11-12H2,1H3,(H,28,29,30);4,6H,2-3H2,1H3/t24?,28-,29-,30?,32-,33-;19?,24-,25-,26?,28-,29-;15?,19-,20-,22-,23-;/m111./s1. The van der Waals surface area contributed by atoms with Crippen molar-refractivity contribution in [1.82, 2.24) is 63.7 Å². The van der Waals surface area contributed by atoms with Crippen LogP contribution in [0.3, 0.4) is 0 Å². The summed E-state index contributed by atoms with van der Waals surface area (Å²) in [6, 6.07) is 13.8. The lowest BCUT2D eigenvalue weighted by atomic mass is 9.99. The molecule has 8 saturated heterocycles. The molecule has 17 heterocycles. The smallest absolute Gasteiger partial charge is 0.301 e. The van der Waals surface area contributed by atoms with E-state index in [-0.39, 0.29) is 114 Å². The fourth-order valence-corrected chi connectivity index (χ4v) is 23.4. The minimum atomic E-state index is -2.00. The molecule has 133 heavy (non-hydrogen) atoms. The molecule has 8 fully saturated rings. The van der Waals surface area contributed by atoms with Gasteiger partial charge in [0.15, 0.2) is 51.9 Å². The number of hydrogen-bond acceptors (Lipinski definition) is 28. The third kappa shape index (κ3) is 22.4. The van der Waals surface area contributed by atoms with Crippen molar-refractivity contribution < 1.29 is 80.3 Å². The van der Waals surface area contributed by atoms with Crippen molar-refractivity contribution in [3.8, 4) is 18.0 Å². The Morgan fingerprint density at radius 1 is 0.489 bits per heavy atom. The number of aromatic nitrogens is 12. The van der Waals surface area contributed by atoms with Gasteiger partial charge in [0.1, 0.15) is 66.2 Å². The van der Waals surface area contributed by atoms with E-state index in [4.69, 9.17) is 145 Å². The molecular formula is C96H131BrCl3N13O17SSi2. The van der Waals surface area contributed by atoms with Crippen LogP contribution in [0.25, 0.3) is 33.5 Å². The molecular weight excluding hydrogens is 1880 g/mol.